The van der Waals surface area contributed by atoms with Crippen molar-refractivity contribution < 1.29 is 14.5 Å². The van der Waals surface area contributed by atoms with Gasteiger partial charge in [0.25, 0.3) is 0 Å². The van der Waals surface area contributed by atoms with Crippen LogP contribution >= 0.6 is 0 Å². The van der Waals surface area contributed by atoms with E-state index in [1.165, 1.54) is 13.8 Å². The highest BCUT2D eigenvalue weighted by atomic mass is 16.6. The molecule has 9 heteroatoms. The Morgan fingerprint density at radius 3 is 2.35 bits per heavy atom. The number of hydrogen-bond acceptors (Lipinski definition) is 6. The molecule has 0 aliphatic rings. The first kappa shape index (κ1) is 12.5. The van der Waals surface area contributed by atoms with Crippen LogP contribution in [0, 0.1) is 10.1 Å². The van der Waals surface area contributed by atoms with E-state index in [4.69, 9.17) is 0 Å². The molecular formula is C8H9N5O4. The summed E-state index contributed by atoms with van der Waals surface area (Å²) in [6.07, 6.45) is 0.906. The number of rotatable bonds is 3. The normalized spacial score (nSPS) is 9.53. The van der Waals surface area contributed by atoms with Gasteiger partial charge in [-0.3, -0.25) is 25.0 Å². The van der Waals surface area contributed by atoms with E-state index in [0.29, 0.717) is 0 Å². The monoisotopic (exact) mass is 239 g/mol. The first-order valence-electron chi connectivity index (χ1n) is 4.46. The highest BCUT2D eigenvalue weighted by Gasteiger charge is 2.18. The standard InChI is InChI=1S/C8H9N5O4/c1-4(14)10-7-6(13(16)17)3-9-8(12-7)11-5(2)15/h3H,1-2H3,(H2,9,10,11,12,14,15). The van der Waals surface area contributed by atoms with E-state index in [1.807, 2.05) is 0 Å². The molecule has 0 radical (unpaired) electrons. The highest BCUT2D eigenvalue weighted by molar-refractivity contribution is 5.91. The van der Waals surface area contributed by atoms with Crippen LogP contribution in [0.4, 0.5) is 17.5 Å². The van der Waals surface area contributed by atoms with Gasteiger partial charge in [-0.2, -0.15) is 4.98 Å². The summed E-state index contributed by atoms with van der Waals surface area (Å²) in [6, 6.07) is 0. The van der Waals surface area contributed by atoms with Crippen LogP contribution in [0.1, 0.15) is 13.8 Å². The molecule has 0 aromatic carbocycles. The fourth-order valence-corrected chi connectivity index (χ4v) is 0.985. The summed E-state index contributed by atoms with van der Waals surface area (Å²) < 4.78 is 0. The van der Waals surface area contributed by atoms with Gasteiger partial charge in [-0.25, -0.2) is 4.98 Å². The number of carbonyl (C=O) groups is 2. The largest absolute Gasteiger partial charge is 0.330 e. The molecule has 0 unspecified atom stereocenters. The van der Waals surface area contributed by atoms with Crippen molar-refractivity contribution in [2.45, 2.75) is 13.8 Å². The molecule has 2 N–H and O–H groups in total. The predicted molar refractivity (Wildman–Crippen MR) is 57.3 cm³/mol. The van der Waals surface area contributed by atoms with Crippen molar-refractivity contribution in [3.05, 3.63) is 16.3 Å². The number of nitrogens with one attached hydrogen (secondary N) is 2. The van der Waals surface area contributed by atoms with E-state index in [9.17, 15) is 19.7 Å². The lowest BCUT2D eigenvalue weighted by atomic mass is 10.4. The molecule has 0 aliphatic carbocycles. The molecule has 1 aromatic rings. The molecular weight excluding hydrogens is 230 g/mol. The molecule has 0 spiro atoms. The minimum absolute atomic E-state index is 0.119. The Labute approximate surface area is 95.4 Å². The minimum atomic E-state index is -0.733. The van der Waals surface area contributed by atoms with Crippen molar-refractivity contribution in [2.24, 2.45) is 0 Å². The molecule has 0 atom stereocenters. The second kappa shape index (κ2) is 4.96. The van der Waals surface area contributed by atoms with Gasteiger partial charge in [0.05, 0.1) is 4.92 Å². The Hall–Kier alpha value is -2.58. The van der Waals surface area contributed by atoms with E-state index in [-0.39, 0.29) is 11.8 Å². The van der Waals surface area contributed by atoms with Gasteiger partial charge in [-0.1, -0.05) is 0 Å². The third-order valence-electron chi connectivity index (χ3n) is 1.55. The molecule has 17 heavy (non-hydrogen) atoms. The van der Waals surface area contributed by atoms with Crippen molar-refractivity contribution in [3.8, 4) is 0 Å². The van der Waals surface area contributed by atoms with Crippen LogP contribution in [0.3, 0.4) is 0 Å². The van der Waals surface area contributed by atoms with E-state index < -0.39 is 22.4 Å². The number of aromatic nitrogens is 2. The topological polar surface area (TPSA) is 127 Å². The Morgan fingerprint density at radius 2 is 1.88 bits per heavy atom. The van der Waals surface area contributed by atoms with Gasteiger partial charge in [0.2, 0.25) is 23.6 Å². The van der Waals surface area contributed by atoms with E-state index in [1.54, 1.807) is 0 Å². The first-order chi connectivity index (χ1) is 7.90. The Morgan fingerprint density at radius 1 is 1.29 bits per heavy atom. The molecule has 90 valence electrons. The van der Waals surface area contributed by atoms with Gasteiger partial charge in [0, 0.05) is 13.8 Å². The van der Waals surface area contributed by atoms with Crippen LogP contribution in [0.2, 0.25) is 0 Å². The summed E-state index contributed by atoms with van der Waals surface area (Å²) in [5.74, 6) is -1.32. The number of nitrogens with zero attached hydrogens (tertiary/aromatic N) is 3. The smallest absolute Gasteiger partial charge is 0.305 e. The zero-order valence-corrected chi connectivity index (χ0v) is 9.05. The van der Waals surface area contributed by atoms with Gasteiger partial charge < -0.3 is 5.32 Å². The van der Waals surface area contributed by atoms with E-state index in [0.717, 1.165) is 6.20 Å². The van der Waals surface area contributed by atoms with Crippen LogP contribution in [-0.2, 0) is 9.59 Å². The predicted octanol–water partition coefficient (Wildman–Crippen LogP) is 0.302. The van der Waals surface area contributed by atoms with Gasteiger partial charge in [-0.05, 0) is 0 Å². The second-order valence-electron chi connectivity index (χ2n) is 3.05. The molecule has 0 aliphatic heterocycles. The van der Waals surface area contributed by atoms with E-state index in [2.05, 4.69) is 20.6 Å². The van der Waals surface area contributed by atoms with Gasteiger partial charge in [0.15, 0.2) is 0 Å². The third kappa shape index (κ3) is 3.48. The van der Waals surface area contributed by atoms with Crippen molar-refractivity contribution in [2.75, 3.05) is 10.6 Å². The number of nitro groups is 1. The molecule has 0 saturated heterocycles. The van der Waals surface area contributed by atoms with E-state index >= 15 is 0 Å². The molecule has 0 fully saturated rings. The fourth-order valence-electron chi connectivity index (χ4n) is 0.985. The molecule has 9 nitrogen and oxygen atoms in total. The lowest BCUT2D eigenvalue weighted by Crippen LogP contribution is -2.14. The van der Waals surface area contributed by atoms with Crippen LogP contribution in [-0.4, -0.2) is 26.7 Å². The number of anilines is 2. The molecule has 1 aromatic heterocycles. The molecule has 0 bridgehead atoms. The van der Waals surface area contributed by atoms with Gasteiger partial charge in [-0.15, -0.1) is 0 Å². The summed E-state index contributed by atoms with van der Waals surface area (Å²) in [5.41, 5.74) is -0.450. The van der Waals surface area contributed by atoms with Crippen molar-refractivity contribution in [3.63, 3.8) is 0 Å². The molecule has 0 saturated carbocycles. The summed E-state index contributed by atoms with van der Waals surface area (Å²) in [7, 11) is 0. The van der Waals surface area contributed by atoms with Crippen molar-refractivity contribution in [1.29, 1.82) is 0 Å². The summed E-state index contributed by atoms with van der Waals surface area (Å²) in [4.78, 5) is 38.7. The Kier molecular flexibility index (Phi) is 3.65. The average Bonchev–Trinajstić information content (AvgIpc) is 2.15. The zero-order chi connectivity index (χ0) is 13.0. The molecule has 1 heterocycles. The number of hydrogen-bond donors (Lipinski definition) is 2. The van der Waals surface area contributed by atoms with Gasteiger partial charge >= 0.3 is 5.69 Å². The molecule has 1 rings (SSSR count). The summed E-state index contributed by atoms with van der Waals surface area (Å²) >= 11 is 0. The number of amides is 2. The zero-order valence-electron chi connectivity index (χ0n) is 9.05. The number of carbonyl (C=O) groups excluding carboxylic acids is 2. The first-order valence-corrected chi connectivity index (χ1v) is 4.46. The fraction of sp³-hybridized carbons (Fsp3) is 0.250. The third-order valence-corrected chi connectivity index (χ3v) is 1.55. The summed E-state index contributed by atoms with van der Waals surface area (Å²) in [6.45, 7) is 2.42. The minimum Gasteiger partial charge on any atom is -0.305 e. The SMILES string of the molecule is CC(=O)Nc1ncc([N+](=O)[O-])c(NC(C)=O)n1. The Bertz CT molecular complexity index is 487. The average molecular weight is 239 g/mol. The van der Waals surface area contributed by atoms with Crippen LogP contribution in [0.25, 0.3) is 0 Å². The van der Waals surface area contributed by atoms with Crippen LogP contribution < -0.4 is 10.6 Å². The lowest BCUT2D eigenvalue weighted by Gasteiger charge is -2.04. The van der Waals surface area contributed by atoms with Crippen molar-refractivity contribution >= 4 is 29.3 Å². The maximum Gasteiger partial charge on any atom is 0.330 e. The Balaban J connectivity index is 3.13. The van der Waals surface area contributed by atoms with Crippen molar-refractivity contribution in [1.82, 2.24) is 9.97 Å². The molecule has 2 amide bonds. The van der Waals surface area contributed by atoms with Gasteiger partial charge in [0.1, 0.15) is 6.20 Å². The van der Waals surface area contributed by atoms with Crippen LogP contribution in [0.5, 0.6) is 0 Å². The second-order valence-corrected chi connectivity index (χ2v) is 3.05. The quantitative estimate of drug-likeness (QED) is 0.576. The maximum absolute atomic E-state index is 10.8. The van der Waals surface area contributed by atoms with Crippen LogP contribution in [0.15, 0.2) is 6.20 Å². The summed E-state index contributed by atoms with van der Waals surface area (Å²) in [5, 5.41) is 15.1. The highest BCUT2D eigenvalue weighted by Crippen LogP contribution is 2.21. The maximum atomic E-state index is 10.8. The lowest BCUT2D eigenvalue weighted by molar-refractivity contribution is -0.384.